The molecule has 0 fully saturated rings. The number of esters is 1. The van der Waals surface area contributed by atoms with E-state index in [2.05, 4.69) is 15.9 Å². The van der Waals surface area contributed by atoms with Crippen LogP contribution < -0.4 is 0 Å². The van der Waals surface area contributed by atoms with Crippen LogP contribution in [0.1, 0.15) is 15.9 Å². The molecule has 0 heterocycles. The predicted octanol–water partition coefficient (Wildman–Crippen LogP) is 2.42. The second-order valence-corrected chi connectivity index (χ2v) is 3.95. The molecule has 15 heavy (non-hydrogen) atoms. The number of carbonyl (C=O) groups excluding carboxylic acids is 1. The summed E-state index contributed by atoms with van der Waals surface area (Å²) in [6, 6.07) is 5.48. The zero-order chi connectivity index (χ0) is 11.3. The lowest BCUT2D eigenvalue weighted by Crippen LogP contribution is -2.07. The highest BCUT2D eigenvalue weighted by Gasteiger charge is 2.11. The van der Waals surface area contributed by atoms with Crippen molar-refractivity contribution in [1.82, 2.24) is 0 Å². The molecule has 0 aliphatic heterocycles. The molecule has 0 atom stereocenters. The molecule has 0 N–H and O–H groups in total. The van der Waals surface area contributed by atoms with Crippen molar-refractivity contribution in [3.05, 3.63) is 33.8 Å². The first kappa shape index (κ1) is 12.2. The summed E-state index contributed by atoms with van der Waals surface area (Å²) in [4.78, 5) is 11.4. The zero-order valence-electron chi connectivity index (χ0n) is 8.75. The Hall–Kier alpha value is -0.870. The average Bonchev–Trinajstić information content (AvgIpc) is 2.25. The van der Waals surface area contributed by atoms with Crippen molar-refractivity contribution < 1.29 is 14.3 Å². The van der Waals surface area contributed by atoms with Crippen LogP contribution in [0.4, 0.5) is 0 Å². The average molecular weight is 273 g/mol. The van der Waals surface area contributed by atoms with E-state index >= 15 is 0 Å². The number of methoxy groups -OCH3 is 2. The first-order valence-corrected chi connectivity index (χ1v) is 5.34. The highest BCUT2D eigenvalue weighted by atomic mass is 79.9. The van der Waals surface area contributed by atoms with E-state index in [4.69, 9.17) is 9.47 Å². The van der Waals surface area contributed by atoms with Crippen molar-refractivity contribution in [2.24, 2.45) is 0 Å². The number of rotatable bonds is 4. The molecule has 4 heteroatoms. The van der Waals surface area contributed by atoms with E-state index < -0.39 is 0 Å². The van der Waals surface area contributed by atoms with Crippen LogP contribution in [0.5, 0.6) is 0 Å². The Kier molecular flexibility index (Phi) is 4.78. The predicted molar refractivity (Wildman–Crippen MR) is 61.1 cm³/mol. The number of halogens is 1. The van der Waals surface area contributed by atoms with Crippen LogP contribution in [0, 0.1) is 0 Å². The third-order valence-corrected chi connectivity index (χ3v) is 2.54. The normalized spacial score (nSPS) is 10.1. The van der Waals surface area contributed by atoms with Crippen molar-refractivity contribution in [3.8, 4) is 0 Å². The van der Waals surface area contributed by atoms with Gasteiger partial charge in [0.1, 0.15) is 0 Å². The molecular formula is C11H13BrO3. The molecule has 0 aromatic heterocycles. The molecule has 0 unspecified atom stereocenters. The van der Waals surface area contributed by atoms with Crippen LogP contribution in [-0.4, -0.2) is 26.8 Å². The molecule has 0 aliphatic carbocycles. The summed E-state index contributed by atoms with van der Waals surface area (Å²) in [5.41, 5.74) is 1.52. The van der Waals surface area contributed by atoms with Gasteiger partial charge in [-0.15, -0.1) is 0 Å². The van der Waals surface area contributed by atoms with E-state index in [0.29, 0.717) is 18.6 Å². The Morgan fingerprint density at radius 3 is 2.73 bits per heavy atom. The molecule has 0 saturated carbocycles. The lowest BCUT2D eigenvalue weighted by molar-refractivity contribution is 0.0599. The van der Waals surface area contributed by atoms with Gasteiger partial charge in [-0.05, 0) is 30.2 Å². The fraction of sp³-hybridized carbons (Fsp3) is 0.364. The van der Waals surface area contributed by atoms with Crippen molar-refractivity contribution in [3.63, 3.8) is 0 Å². The molecule has 0 bridgehead atoms. The largest absolute Gasteiger partial charge is 0.465 e. The van der Waals surface area contributed by atoms with Gasteiger partial charge in [0.25, 0.3) is 0 Å². The van der Waals surface area contributed by atoms with Crippen LogP contribution in [0.2, 0.25) is 0 Å². The summed E-state index contributed by atoms with van der Waals surface area (Å²) in [7, 11) is 3.01. The molecule has 1 aromatic carbocycles. The lowest BCUT2D eigenvalue weighted by Gasteiger charge is -2.07. The maximum atomic E-state index is 11.4. The minimum Gasteiger partial charge on any atom is -0.465 e. The highest BCUT2D eigenvalue weighted by Crippen LogP contribution is 2.18. The number of hydrogen-bond acceptors (Lipinski definition) is 3. The smallest absolute Gasteiger partial charge is 0.338 e. The molecule has 82 valence electrons. The van der Waals surface area contributed by atoms with Crippen LogP contribution in [-0.2, 0) is 15.9 Å². The van der Waals surface area contributed by atoms with Gasteiger partial charge in [0.05, 0.1) is 19.3 Å². The first-order valence-electron chi connectivity index (χ1n) is 4.54. The van der Waals surface area contributed by atoms with Crippen LogP contribution in [0.25, 0.3) is 0 Å². The minimum absolute atomic E-state index is 0.311. The second-order valence-electron chi connectivity index (χ2n) is 3.04. The zero-order valence-corrected chi connectivity index (χ0v) is 10.3. The molecular weight excluding hydrogens is 260 g/mol. The Balaban J connectivity index is 2.97. The quantitative estimate of drug-likeness (QED) is 0.790. The molecule has 0 aliphatic rings. The van der Waals surface area contributed by atoms with Crippen molar-refractivity contribution in [2.75, 3.05) is 20.8 Å². The van der Waals surface area contributed by atoms with E-state index in [1.54, 1.807) is 13.2 Å². The van der Waals surface area contributed by atoms with E-state index in [-0.39, 0.29) is 5.97 Å². The topological polar surface area (TPSA) is 35.5 Å². The molecule has 0 radical (unpaired) electrons. The van der Waals surface area contributed by atoms with Crippen LogP contribution in [0.15, 0.2) is 22.7 Å². The summed E-state index contributed by atoms with van der Waals surface area (Å²) in [6.45, 7) is 0.584. The summed E-state index contributed by atoms with van der Waals surface area (Å²) in [5, 5.41) is 0. The monoisotopic (exact) mass is 272 g/mol. The van der Waals surface area contributed by atoms with Crippen LogP contribution >= 0.6 is 15.9 Å². The van der Waals surface area contributed by atoms with Gasteiger partial charge in [-0.3, -0.25) is 0 Å². The number of carbonyl (C=O) groups is 1. The number of benzene rings is 1. The second kappa shape index (κ2) is 5.88. The Morgan fingerprint density at radius 2 is 2.13 bits per heavy atom. The molecule has 0 saturated heterocycles. The summed E-state index contributed by atoms with van der Waals surface area (Å²) in [5.74, 6) is -0.311. The third-order valence-electron chi connectivity index (χ3n) is 2.05. The highest BCUT2D eigenvalue weighted by molar-refractivity contribution is 9.10. The van der Waals surface area contributed by atoms with Gasteiger partial charge in [-0.2, -0.15) is 0 Å². The maximum Gasteiger partial charge on any atom is 0.338 e. The number of ether oxygens (including phenoxy) is 2. The van der Waals surface area contributed by atoms with Gasteiger partial charge in [0.15, 0.2) is 0 Å². The Morgan fingerprint density at radius 1 is 1.40 bits per heavy atom. The fourth-order valence-corrected chi connectivity index (χ4v) is 1.70. The van der Waals surface area contributed by atoms with Crippen LogP contribution in [0.3, 0.4) is 0 Å². The Labute approximate surface area is 97.5 Å². The third kappa shape index (κ3) is 3.32. The molecule has 1 rings (SSSR count). The summed E-state index contributed by atoms with van der Waals surface area (Å²) < 4.78 is 10.6. The van der Waals surface area contributed by atoms with Crippen molar-refractivity contribution in [2.45, 2.75) is 6.42 Å². The van der Waals surface area contributed by atoms with E-state index in [1.165, 1.54) is 7.11 Å². The van der Waals surface area contributed by atoms with Gasteiger partial charge in [0.2, 0.25) is 0 Å². The number of hydrogen-bond donors (Lipinski definition) is 0. The van der Waals surface area contributed by atoms with Gasteiger partial charge in [-0.25, -0.2) is 4.79 Å². The molecule has 3 nitrogen and oxygen atoms in total. The molecule has 0 amide bonds. The summed E-state index contributed by atoms with van der Waals surface area (Å²) >= 11 is 3.37. The van der Waals surface area contributed by atoms with Gasteiger partial charge in [-0.1, -0.05) is 15.9 Å². The maximum absolute atomic E-state index is 11.4. The Bertz CT molecular complexity index is 350. The van der Waals surface area contributed by atoms with Gasteiger partial charge in [0, 0.05) is 11.6 Å². The van der Waals surface area contributed by atoms with E-state index in [0.717, 1.165) is 10.0 Å². The first-order chi connectivity index (χ1) is 7.19. The van der Waals surface area contributed by atoms with Crippen molar-refractivity contribution in [1.29, 1.82) is 0 Å². The standard InChI is InChI=1S/C11H13BrO3/c1-14-6-5-8-7-9(12)3-4-10(8)11(13)15-2/h3-4,7H,5-6H2,1-2H3. The van der Waals surface area contributed by atoms with E-state index in [1.807, 2.05) is 12.1 Å². The van der Waals surface area contributed by atoms with E-state index in [9.17, 15) is 4.79 Å². The van der Waals surface area contributed by atoms with Crippen molar-refractivity contribution >= 4 is 21.9 Å². The lowest BCUT2D eigenvalue weighted by atomic mass is 10.1. The minimum atomic E-state index is -0.311. The molecule has 1 aromatic rings. The fourth-order valence-electron chi connectivity index (χ4n) is 1.29. The van der Waals surface area contributed by atoms with Gasteiger partial charge < -0.3 is 9.47 Å². The molecule has 0 spiro atoms. The SMILES string of the molecule is COCCc1cc(Br)ccc1C(=O)OC. The summed E-state index contributed by atoms with van der Waals surface area (Å²) in [6.07, 6.45) is 0.695. The van der Waals surface area contributed by atoms with Gasteiger partial charge >= 0.3 is 5.97 Å².